The van der Waals surface area contributed by atoms with Crippen molar-refractivity contribution in [3.63, 3.8) is 0 Å². The van der Waals surface area contributed by atoms with Crippen LogP contribution >= 0.6 is 0 Å². The number of rotatable bonds is 16. The molecule has 0 aromatic heterocycles. The summed E-state index contributed by atoms with van der Waals surface area (Å²) in [6.07, 6.45) is 10.4. The molecule has 8 nitrogen and oxygen atoms in total. The number of esters is 1. The van der Waals surface area contributed by atoms with E-state index >= 15 is 0 Å². The van der Waals surface area contributed by atoms with E-state index in [1.165, 1.54) is 6.08 Å². The first-order chi connectivity index (χ1) is 17.3. The number of aliphatic hydroxyl groups excluding tert-OH is 1. The molecule has 3 fully saturated rings. The molecule has 3 rings (SSSR count). The Morgan fingerprint density at radius 3 is 2.58 bits per heavy atom. The maximum Gasteiger partial charge on any atom is 0.313 e. The lowest BCUT2D eigenvalue weighted by atomic mass is 9.66. The summed E-state index contributed by atoms with van der Waals surface area (Å²) in [6, 6.07) is -0.770. The number of likely N-dealkylation sites (tertiary alicyclic amines) is 1. The fourth-order valence-corrected chi connectivity index (χ4v) is 6.45. The summed E-state index contributed by atoms with van der Waals surface area (Å²) in [5, 5.41) is 9.09. The summed E-state index contributed by atoms with van der Waals surface area (Å²) < 4.78 is 12.0. The molecule has 0 aliphatic carbocycles. The number of carbonyl (C=O) groups is 3. The zero-order valence-corrected chi connectivity index (χ0v) is 22.1. The number of aliphatic hydroxyl groups is 1. The standard InChI is InChI=1S/C28H44N2O6/c1-5-8-11-17-29(16-6-2)25(33)23-28-15-14-27(4,36-28)22(26(34)35-20-7-3)21(28)24(32)30(23)18-12-9-10-13-19-31/h6-7,21-23,31H,2-3,5,8-20H2,1,4H3/t21-,22+,23?,27-,28?/m0/s1. The fourth-order valence-electron chi connectivity index (χ4n) is 6.45. The maximum absolute atomic E-state index is 14.1. The summed E-state index contributed by atoms with van der Waals surface area (Å²) in [5.74, 6) is -2.25. The van der Waals surface area contributed by atoms with Crippen LogP contribution in [0.4, 0.5) is 0 Å². The first-order valence-corrected chi connectivity index (χ1v) is 13.6. The molecular weight excluding hydrogens is 460 g/mol. The Balaban J connectivity index is 1.94. The molecule has 202 valence electrons. The Morgan fingerprint density at radius 1 is 1.17 bits per heavy atom. The number of amides is 2. The van der Waals surface area contributed by atoms with Gasteiger partial charge in [0.1, 0.15) is 24.2 Å². The zero-order chi connectivity index (χ0) is 26.3. The molecule has 8 heteroatoms. The number of carbonyl (C=O) groups excluding carboxylic acids is 3. The molecule has 3 aliphatic rings. The molecule has 2 bridgehead atoms. The smallest absolute Gasteiger partial charge is 0.313 e. The number of unbranched alkanes of at least 4 members (excludes halogenated alkanes) is 5. The molecule has 1 N–H and O–H groups in total. The molecule has 36 heavy (non-hydrogen) atoms. The lowest BCUT2D eigenvalue weighted by molar-refractivity contribution is -0.159. The van der Waals surface area contributed by atoms with Crippen molar-refractivity contribution >= 4 is 17.8 Å². The largest absolute Gasteiger partial charge is 0.461 e. The van der Waals surface area contributed by atoms with E-state index in [0.29, 0.717) is 38.9 Å². The zero-order valence-electron chi connectivity index (χ0n) is 22.1. The van der Waals surface area contributed by atoms with Crippen LogP contribution in [0.5, 0.6) is 0 Å². The summed E-state index contributed by atoms with van der Waals surface area (Å²) in [7, 11) is 0. The van der Waals surface area contributed by atoms with Gasteiger partial charge < -0.3 is 24.4 Å². The van der Waals surface area contributed by atoms with Crippen LogP contribution in [-0.4, -0.2) is 82.8 Å². The quantitative estimate of drug-likeness (QED) is 0.197. The first kappa shape index (κ1) is 28.4. The van der Waals surface area contributed by atoms with Crippen molar-refractivity contribution in [3.05, 3.63) is 25.3 Å². The topological polar surface area (TPSA) is 96.4 Å². The van der Waals surface area contributed by atoms with E-state index in [9.17, 15) is 14.4 Å². The van der Waals surface area contributed by atoms with Crippen LogP contribution in [-0.2, 0) is 23.9 Å². The second-order valence-corrected chi connectivity index (χ2v) is 10.6. The van der Waals surface area contributed by atoms with E-state index in [0.717, 1.165) is 38.5 Å². The van der Waals surface area contributed by atoms with Crippen molar-refractivity contribution in [1.29, 1.82) is 0 Å². The first-order valence-electron chi connectivity index (χ1n) is 13.6. The Bertz CT molecular complexity index is 831. The highest BCUT2D eigenvalue weighted by atomic mass is 16.6. The van der Waals surface area contributed by atoms with E-state index in [4.69, 9.17) is 14.6 Å². The Labute approximate surface area is 215 Å². The van der Waals surface area contributed by atoms with Crippen LogP contribution in [0.2, 0.25) is 0 Å². The molecule has 3 heterocycles. The van der Waals surface area contributed by atoms with Gasteiger partial charge in [0.2, 0.25) is 11.8 Å². The SMILES string of the molecule is C=CCOC(=O)[C@H]1[C@H]2C(=O)N(CCCCCCO)C(C(=O)N(CC=C)CCCCC)C23CC[C@]1(C)O3. The van der Waals surface area contributed by atoms with Crippen molar-refractivity contribution < 1.29 is 29.0 Å². The molecule has 2 unspecified atom stereocenters. The number of ether oxygens (including phenoxy) is 2. The van der Waals surface area contributed by atoms with Crippen molar-refractivity contribution in [1.82, 2.24) is 9.80 Å². The lowest BCUT2D eigenvalue weighted by Gasteiger charge is -2.37. The van der Waals surface area contributed by atoms with Crippen LogP contribution in [0, 0.1) is 11.8 Å². The van der Waals surface area contributed by atoms with Crippen LogP contribution in [0.3, 0.4) is 0 Å². The molecule has 0 aromatic carbocycles. The van der Waals surface area contributed by atoms with Gasteiger partial charge in [-0.05, 0) is 39.0 Å². The van der Waals surface area contributed by atoms with Gasteiger partial charge in [-0.15, -0.1) is 6.58 Å². The number of fused-ring (bicyclic) bond motifs is 1. The predicted octanol–water partition coefficient (Wildman–Crippen LogP) is 3.24. The lowest BCUT2D eigenvalue weighted by Crippen LogP contribution is -2.56. The highest BCUT2D eigenvalue weighted by molar-refractivity contribution is 5.98. The summed E-state index contributed by atoms with van der Waals surface area (Å²) in [4.78, 5) is 44.7. The highest BCUT2D eigenvalue weighted by Gasteiger charge is 2.78. The van der Waals surface area contributed by atoms with Crippen molar-refractivity contribution in [3.8, 4) is 0 Å². The van der Waals surface area contributed by atoms with E-state index in [1.54, 1.807) is 15.9 Å². The number of nitrogens with zero attached hydrogens (tertiary/aromatic N) is 2. The van der Waals surface area contributed by atoms with Gasteiger partial charge in [-0.2, -0.15) is 0 Å². The van der Waals surface area contributed by atoms with Crippen LogP contribution < -0.4 is 0 Å². The third-order valence-corrected chi connectivity index (χ3v) is 8.11. The molecule has 2 amide bonds. The molecule has 0 aromatic rings. The average Bonchev–Trinajstić information content (AvgIpc) is 3.42. The van der Waals surface area contributed by atoms with Crippen molar-refractivity contribution in [2.75, 3.05) is 32.8 Å². The average molecular weight is 505 g/mol. The molecule has 3 aliphatic heterocycles. The van der Waals surface area contributed by atoms with Crippen LogP contribution in [0.15, 0.2) is 25.3 Å². The van der Waals surface area contributed by atoms with Crippen molar-refractivity contribution in [2.45, 2.75) is 88.9 Å². The Hall–Kier alpha value is -2.19. The van der Waals surface area contributed by atoms with Crippen LogP contribution in [0.25, 0.3) is 0 Å². The fraction of sp³-hybridized carbons (Fsp3) is 0.750. The number of hydrogen-bond acceptors (Lipinski definition) is 6. The van der Waals surface area contributed by atoms with Gasteiger partial charge in [-0.3, -0.25) is 14.4 Å². The highest BCUT2D eigenvalue weighted by Crippen LogP contribution is 2.63. The normalized spacial score (nSPS) is 30.4. The molecule has 5 atom stereocenters. The van der Waals surface area contributed by atoms with Gasteiger partial charge >= 0.3 is 5.97 Å². The van der Waals surface area contributed by atoms with Gasteiger partial charge in [-0.1, -0.05) is 51.3 Å². The Morgan fingerprint density at radius 2 is 1.92 bits per heavy atom. The van der Waals surface area contributed by atoms with E-state index in [2.05, 4.69) is 20.1 Å². The third kappa shape index (κ3) is 5.25. The second-order valence-electron chi connectivity index (χ2n) is 10.6. The van der Waals surface area contributed by atoms with Gasteiger partial charge in [0, 0.05) is 26.2 Å². The minimum Gasteiger partial charge on any atom is -0.461 e. The van der Waals surface area contributed by atoms with Gasteiger partial charge in [0.25, 0.3) is 0 Å². The molecular formula is C28H44N2O6. The summed E-state index contributed by atoms with van der Waals surface area (Å²) in [6.45, 7) is 13.1. The summed E-state index contributed by atoms with van der Waals surface area (Å²) >= 11 is 0. The second kappa shape index (κ2) is 12.4. The van der Waals surface area contributed by atoms with E-state index < -0.39 is 35.0 Å². The minimum absolute atomic E-state index is 0.0702. The molecule has 1 spiro atoms. The van der Waals surface area contributed by atoms with Crippen molar-refractivity contribution in [2.24, 2.45) is 11.8 Å². The van der Waals surface area contributed by atoms with E-state index in [-0.39, 0.29) is 25.0 Å². The monoisotopic (exact) mass is 504 g/mol. The molecule has 0 saturated carbocycles. The van der Waals surface area contributed by atoms with Crippen LogP contribution in [0.1, 0.15) is 71.6 Å². The van der Waals surface area contributed by atoms with Gasteiger partial charge in [0.05, 0.1) is 11.5 Å². The van der Waals surface area contributed by atoms with Gasteiger partial charge in [0.15, 0.2) is 0 Å². The minimum atomic E-state index is -1.03. The van der Waals surface area contributed by atoms with Gasteiger partial charge in [-0.25, -0.2) is 0 Å². The third-order valence-electron chi connectivity index (χ3n) is 8.11. The Kier molecular flexibility index (Phi) is 9.75. The summed E-state index contributed by atoms with van der Waals surface area (Å²) in [5.41, 5.74) is -1.87. The molecule has 3 saturated heterocycles. The predicted molar refractivity (Wildman–Crippen MR) is 137 cm³/mol. The maximum atomic E-state index is 14.1. The molecule has 0 radical (unpaired) electrons. The van der Waals surface area contributed by atoms with E-state index in [1.807, 2.05) is 6.92 Å². The number of hydrogen-bond donors (Lipinski definition) is 1.